The molecule has 1 aliphatic carbocycles. The smallest absolute Gasteiger partial charge is 0.851 e. The zero-order chi connectivity index (χ0) is 11.6. The van der Waals surface area contributed by atoms with Crippen molar-refractivity contribution < 1.29 is 24.6 Å². The summed E-state index contributed by atoms with van der Waals surface area (Å²) >= 11 is 0. The van der Waals surface area contributed by atoms with Crippen LogP contribution in [0.4, 0.5) is 0 Å². The number of carbonyl (C=O) groups is 3. The van der Waals surface area contributed by atoms with Crippen LogP contribution in [0, 0.1) is 11.8 Å². The SMILES string of the molecule is CCC(=O)C1C(=O)CC(C(=O)[O-])CC1[O-].[Ca+2]. The molecule has 0 aromatic heterocycles. The Morgan fingerprint density at radius 1 is 1.44 bits per heavy atom. The largest absolute Gasteiger partial charge is 2.00 e. The number of carboxylic acid groups (broad SMARTS) is 1. The third-order valence-corrected chi connectivity index (χ3v) is 2.71. The predicted octanol–water partition coefficient (Wildman–Crippen LogP) is -2.34. The molecular weight excluding hydrogens is 240 g/mol. The van der Waals surface area contributed by atoms with Gasteiger partial charge < -0.3 is 15.0 Å². The topological polar surface area (TPSA) is 97.3 Å². The summed E-state index contributed by atoms with van der Waals surface area (Å²) in [5.41, 5.74) is 0. The van der Waals surface area contributed by atoms with Crippen LogP contribution in [0.2, 0.25) is 0 Å². The van der Waals surface area contributed by atoms with Crippen molar-refractivity contribution in [3.63, 3.8) is 0 Å². The number of rotatable bonds is 3. The second-order valence-corrected chi connectivity index (χ2v) is 3.76. The fourth-order valence-corrected chi connectivity index (χ4v) is 1.86. The molecule has 6 heteroatoms. The average Bonchev–Trinajstić information content (AvgIpc) is 2.16. The first kappa shape index (κ1) is 16.0. The number of aliphatic carboxylic acids is 1. The summed E-state index contributed by atoms with van der Waals surface area (Å²) in [7, 11) is 0. The number of hydrogen-bond donors (Lipinski definition) is 0. The van der Waals surface area contributed by atoms with Crippen LogP contribution in [0.15, 0.2) is 0 Å². The van der Waals surface area contributed by atoms with Gasteiger partial charge in [-0.1, -0.05) is 13.3 Å². The molecule has 0 saturated heterocycles. The van der Waals surface area contributed by atoms with Gasteiger partial charge in [0.2, 0.25) is 0 Å². The summed E-state index contributed by atoms with van der Waals surface area (Å²) in [6.07, 6.45) is -1.74. The number of carboxylic acids is 1. The predicted molar refractivity (Wildman–Crippen MR) is 51.1 cm³/mol. The average molecular weight is 252 g/mol. The minimum Gasteiger partial charge on any atom is -0.851 e. The molecule has 3 unspecified atom stereocenters. The molecule has 5 nitrogen and oxygen atoms in total. The maximum absolute atomic E-state index is 11.5. The van der Waals surface area contributed by atoms with Gasteiger partial charge in [-0.2, -0.15) is 0 Å². The molecule has 0 N–H and O–H groups in total. The molecule has 3 atom stereocenters. The molecule has 0 aliphatic heterocycles. The molecule has 1 saturated carbocycles. The molecule has 0 spiro atoms. The standard InChI is InChI=1S/C10H13O5.Ca/c1-2-6(11)9-7(12)3-5(10(14)15)4-8(9)13;/h5,7,9H,2-4H2,1H3,(H,14,15);/q-1;+2/p-1. The van der Waals surface area contributed by atoms with Crippen molar-refractivity contribution in [2.45, 2.75) is 32.3 Å². The first-order valence-electron chi connectivity index (χ1n) is 4.89. The second-order valence-electron chi connectivity index (χ2n) is 3.76. The second kappa shape index (κ2) is 6.69. The third-order valence-electron chi connectivity index (χ3n) is 2.71. The van der Waals surface area contributed by atoms with Crippen LogP contribution in [-0.2, 0) is 14.4 Å². The van der Waals surface area contributed by atoms with Gasteiger partial charge in [0.05, 0.1) is 5.92 Å². The summed E-state index contributed by atoms with van der Waals surface area (Å²) in [4.78, 5) is 33.2. The molecule has 0 amide bonds. The fraction of sp³-hybridized carbons (Fsp3) is 0.700. The summed E-state index contributed by atoms with van der Waals surface area (Å²) < 4.78 is 0. The molecule has 1 rings (SSSR count). The first-order valence-corrected chi connectivity index (χ1v) is 4.89. The number of Topliss-reactive ketones (excluding diaryl/α,β-unsaturated/α-hetero) is 2. The van der Waals surface area contributed by atoms with Crippen LogP contribution in [-0.4, -0.2) is 61.4 Å². The summed E-state index contributed by atoms with van der Waals surface area (Å²) in [5.74, 6) is -4.50. The summed E-state index contributed by atoms with van der Waals surface area (Å²) in [6.45, 7) is 1.58. The van der Waals surface area contributed by atoms with E-state index in [1.165, 1.54) is 0 Å². The van der Waals surface area contributed by atoms with Crippen molar-refractivity contribution in [3.8, 4) is 0 Å². The zero-order valence-corrected chi connectivity index (χ0v) is 11.3. The van der Waals surface area contributed by atoms with E-state index < -0.39 is 35.5 Å². The maximum Gasteiger partial charge on any atom is 2.00 e. The van der Waals surface area contributed by atoms with Crippen LogP contribution in [0.25, 0.3) is 0 Å². The first-order chi connectivity index (χ1) is 6.97. The van der Waals surface area contributed by atoms with E-state index in [1.54, 1.807) is 6.92 Å². The van der Waals surface area contributed by atoms with Gasteiger partial charge in [0.15, 0.2) is 0 Å². The monoisotopic (exact) mass is 252 g/mol. The van der Waals surface area contributed by atoms with Crippen LogP contribution >= 0.6 is 0 Å². The Morgan fingerprint density at radius 3 is 2.38 bits per heavy atom. The summed E-state index contributed by atoms with van der Waals surface area (Å²) in [5, 5.41) is 22.0. The van der Waals surface area contributed by atoms with E-state index in [-0.39, 0.29) is 57.0 Å². The Labute approximate surface area is 123 Å². The van der Waals surface area contributed by atoms with Crippen LogP contribution < -0.4 is 10.2 Å². The van der Waals surface area contributed by atoms with Gasteiger partial charge in [0, 0.05) is 24.7 Å². The number of carbonyl (C=O) groups excluding carboxylic acids is 3. The summed E-state index contributed by atoms with van der Waals surface area (Å²) in [6, 6.07) is 0. The van der Waals surface area contributed by atoms with E-state index in [4.69, 9.17) is 0 Å². The van der Waals surface area contributed by atoms with E-state index in [0.717, 1.165) is 0 Å². The van der Waals surface area contributed by atoms with Crippen molar-refractivity contribution >= 4 is 55.3 Å². The van der Waals surface area contributed by atoms with Gasteiger partial charge in [-0.25, -0.2) is 0 Å². The molecule has 0 aromatic rings. The Hall–Kier alpha value is 0.0297. The molecule has 1 fully saturated rings. The van der Waals surface area contributed by atoms with Crippen molar-refractivity contribution in [1.29, 1.82) is 0 Å². The number of hydrogen-bond acceptors (Lipinski definition) is 5. The fourth-order valence-electron chi connectivity index (χ4n) is 1.86. The van der Waals surface area contributed by atoms with E-state index in [2.05, 4.69) is 0 Å². The van der Waals surface area contributed by atoms with Crippen LogP contribution in [0.1, 0.15) is 26.2 Å². The molecule has 0 heterocycles. The minimum atomic E-state index is -1.43. The molecule has 16 heavy (non-hydrogen) atoms. The maximum atomic E-state index is 11.5. The zero-order valence-electron chi connectivity index (χ0n) is 9.10. The van der Waals surface area contributed by atoms with Crippen LogP contribution in [0.5, 0.6) is 0 Å². The molecule has 0 radical (unpaired) electrons. The van der Waals surface area contributed by atoms with Crippen molar-refractivity contribution in [2.75, 3.05) is 0 Å². The van der Waals surface area contributed by atoms with Gasteiger partial charge in [-0.3, -0.25) is 9.59 Å². The Balaban J connectivity index is 0.00000225. The van der Waals surface area contributed by atoms with E-state index in [1.807, 2.05) is 0 Å². The molecular formula is C10H12CaO5. The van der Waals surface area contributed by atoms with Crippen molar-refractivity contribution in [2.24, 2.45) is 11.8 Å². The van der Waals surface area contributed by atoms with Crippen LogP contribution in [0.3, 0.4) is 0 Å². The van der Waals surface area contributed by atoms with Crippen molar-refractivity contribution in [1.82, 2.24) is 0 Å². The van der Waals surface area contributed by atoms with E-state index >= 15 is 0 Å². The molecule has 84 valence electrons. The Morgan fingerprint density at radius 2 is 2.00 bits per heavy atom. The Bertz CT molecular complexity index is 302. The molecule has 0 bridgehead atoms. The third kappa shape index (κ3) is 3.52. The van der Waals surface area contributed by atoms with Gasteiger partial charge >= 0.3 is 37.7 Å². The van der Waals surface area contributed by atoms with Gasteiger partial charge in [-0.15, -0.1) is 6.10 Å². The van der Waals surface area contributed by atoms with E-state index in [9.17, 15) is 24.6 Å². The Kier molecular flexibility index (Phi) is 6.70. The van der Waals surface area contributed by atoms with E-state index in [0.29, 0.717) is 0 Å². The molecule has 0 aromatic carbocycles. The minimum absolute atomic E-state index is 0. The van der Waals surface area contributed by atoms with Gasteiger partial charge in [0.1, 0.15) is 11.6 Å². The number of ketones is 2. The normalized spacial score (nSPS) is 29.4. The van der Waals surface area contributed by atoms with Gasteiger partial charge in [0.25, 0.3) is 0 Å². The van der Waals surface area contributed by atoms with Gasteiger partial charge in [-0.05, 0) is 0 Å². The quantitative estimate of drug-likeness (QED) is 0.414. The van der Waals surface area contributed by atoms with Crippen molar-refractivity contribution in [3.05, 3.63) is 0 Å². The molecule has 1 aliphatic rings.